The topological polar surface area (TPSA) is 29.3 Å². The van der Waals surface area contributed by atoms with Crippen molar-refractivity contribution < 1.29 is 0 Å². The largest absolute Gasteiger partial charge is 0.328 e. The van der Waals surface area contributed by atoms with E-state index in [4.69, 9.17) is 5.73 Å². The van der Waals surface area contributed by atoms with Crippen molar-refractivity contribution in [2.75, 3.05) is 7.05 Å². The molecule has 104 valence electrons. The molecule has 0 spiro atoms. The highest BCUT2D eigenvalue weighted by atomic mass is 35.5. The van der Waals surface area contributed by atoms with Crippen molar-refractivity contribution in [1.29, 1.82) is 0 Å². The molecule has 0 atom stereocenters. The summed E-state index contributed by atoms with van der Waals surface area (Å²) < 4.78 is 0. The van der Waals surface area contributed by atoms with Gasteiger partial charge in [0.05, 0.1) is 0 Å². The fourth-order valence-corrected chi connectivity index (χ4v) is 2.54. The molecule has 0 unspecified atom stereocenters. The van der Waals surface area contributed by atoms with Crippen LogP contribution in [0.4, 0.5) is 0 Å². The SMILES string of the molecule is CN(Cc1ccccc1)C1CCC(N)CC1.Cl.Cl. The molecule has 2 N–H and O–H groups in total. The molecule has 18 heavy (non-hydrogen) atoms. The van der Waals surface area contributed by atoms with E-state index in [1.54, 1.807) is 0 Å². The molecule has 1 aliphatic carbocycles. The molecule has 1 saturated carbocycles. The Morgan fingerprint density at radius 1 is 1.06 bits per heavy atom. The normalized spacial score (nSPS) is 23.1. The van der Waals surface area contributed by atoms with Crippen LogP contribution in [-0.4, -0.2) is 24.0 Å². The zero-order valence-corrected chi connectivity index (χ0v) is 12.6. The Bertz CT molecular complexity index is 311. The van der Waals surface area contributed by atoms with Crippen LogP contribution < -0.4 is 5.73 Å². The zero-order valence-electron chi connectivity index (χ0n) is 10.9. The quantitative estimate of drug-likeness (QED) is 0.926. The predicted octanol–water partition coefficient (Wildman–Crippen LogP) is 3.23. The summed E-state index contributed by atoms with van der Waals surface area (Å²) in [5.41, 5.74) is 7.33. The lowest BCUT2D eigenvalue weighted by atomic mass is 9.91. The molecule has 0 heterocycles. The van der Waals surface area contributed by atoms with Gasteiger partial charge in [-0.15, -0.1) is 24.8 Å². The van der Waals surface area contributed by atoms with Crippen LogP contribution in [0.2, 0.25) is 0 Å². The van der Waals surface area contributed by atoms with Gasteiger partial charge in [-0.05, 0) is 38.3 Å². The molecule has 0 saturated heterocycles. The first-order valence-electron chi connectivity index (χ1n) is 6.25. The van der Waals surface area contributed by atoms with E-state index in [-0.39, 0.29) is 24.8 Å². The summed E-state index contributed by atoms with van der Waals surface area (Å²) in [6, 6.07) is 11.9. The Kier molecular flexibility index (Phi) is 8.62. The molecule has 1 aliphatic rings. The summed E-state index contributed by atoms with van der Waals surface area (Å²) in [5.74, 6) is 0. The molecule has 2 nitrogen and oxygen atoms in total. The summed E-state index contributed by atoms with van der Waals surface area (Å²) in [5, 5.41) is 0. The first-order chi connectivity index (χ1) is 7.75. The lowest BCUT2D eigenvalue weighted by Crippen LogP contribution is -2.38. The van der Waals surface area contributed by atoms with Gasteiger partial charge in [0.15, 0.2) is 0 Å². The first kappa shape index (κ1) is 17.7. The molecule has 1 aromatic rings. The fourth-order valence-electron chi connectivity index (χ4n) is 2.54. The first-order valence-corrected chi connectivity index (χ1v) is 6.25. The number of nitrogens with two attached hydrogens (primary N) is 1. The van der Waals surface area contributed by atoms with Gasteiger partial charge in [-0.25, -0.2) is 0 Å². The van der Waals surface area contributed by atoms with Crippen molar-refractivity contribution in [3.8, 4) is 0 Å². The van der Waals surface area contributed by atoms with E-state index in [2.05, 4.69) is 42.3 Å². The zero-order chi connectivity index (χ0) is 11.4. The van der Waals surface area contributed by atoms with Crippen LogP contribution >= 0.6 is 24.8 Å². The molecule has 0 bridgehead atoms. The molecule has 0 radical (unpaired) electrons. The van der Waals surface area contributed by atoms with Gasteiger partial charge < -0.3 is 5.73 Å². The fraction of sp³-hybridized carbons (Fsp3) is 0.571. The third kappa shape index (κ3) is 5.15. The van der Waals surface area contributed by atoms with E-state index in [1.807, 2.05) is 0 Å². The number of hydrogen-bond donors (Lipinski definition) is 1. The van der Waals surface area contributed by atoms with E-state index < -0.39 is 0 Å². The molecule has 2 rings (SSSR count). The number of hydrogen-bond acceptors (Lipinski definition) is 2. The van der Waals surface area contributed by atoms with Crippen molar-refractivity contribution in [3.63, 3.8) is 0 Å². The molecule has 0 amide bonds. The number of nitrogens with zero attached hydrogens (tertiary/aromatic N) is 1. The second-order valence-corrected chi connectivity index (χ2v) is 4.97. The average Bonchev–Trinajstić information content (AvgIpc) is 2.31. The molecule has 1 aromatic carbocycles. The minimum Gasteiger partial charge on any atom is -0.328 e. The van der Waals surface area contributed by atoms with Crippen LogP contribution in [0.5, 0.6) is 0 Å². The third-order valence-electron chi connectivity index (χ3n) is 3.64. The molecule has 0 aromatic heterocycles. The van der Waals surface area contributed by atoms with Crippen molar-refractivity contribution in [2.24, 2.45) is 5.73 Å². The molecular formula is C14H24Cl2N2. The Balaban J connectivity index is 0.00000144. The second kappa shape index (κ2) is 8.76. The Hall–Kier alpha value is -0.280. The molecule has 1 fully saturated rings. The van der Waals surface area contributed by atoms with Crippen LogP contribution in [0.15, 0.2) is 30.3 Å². The summed E-state index contributed by atoms with van der Waals surface area (Å²) >= 11 is 0. The lowest BCUT2D eigenvalue weighted by Gasteiger charge is -2.33. The van der Waals surface area contributed by atoms with Gasteiger partial charge in [-0.2, -0.15) is 0 Å². The van der Waals surface area contributed by atoms with E-state index >= 15 is 0 Å². The minimum atomic E-state index is 0. The van der Waals surface area contributed by atoms with Crippen molar-refractivity contribution in [2.45, 2.75) is 44.3 Å². The molecule has 4 heteroatoms. The van der Waals surface area contributed by atoms with E-state index in [1.165, 1.54) is 31.2 Å². The van der Waals surface area contributed by atoms with E-state index in [0.717, 1.165) is 12.6 Å². The van der Waals surface area contributed by atoms with Gasteiger partial charge in [0, 0.05) is 18.6 Å². The maximum atomic E-state index is 5.93. The molecular weight excluding hydrogens is 267 g/mol. The summed E-state index contributed by atoms with van der Waals surface area (Å²) in [4.78, 5) is 2.47. The lowest BCUT2D eigenvalue weighted by molar-refractivity contribution is 0.176. The van der Waals surface area contributed by atoms with Gasteiger partial charge in [-0.1, -0.05) is 30.3 Å². The standard InChI is InChI=1S/C14H22N2.2ClH/c1-16(11-12-5-3-2-4-6-12)14-9-7-13(15)8-10-14;;/h2-6,13-14H,7-11,15H2,1H3;2*1H. The van der Waals surface area contributed by atoms with Gasteiger partial charge in [-0.3, -0.25) is 4.90 Å². The Morgan fingerprint density at radius 2 is 1.61 bits per heavy atom. The van der Waals surface area contributed by atoms with Crippen molar-refractivity contribution in [3.05, 3.63) is 35.9 Å². The number of benzene rings is 1. The minimum absolute atomic E-state index is 0. The summed E-state index contributed by atoms with van der Waals surface area (Å²) in [7, 11) is 2.23. The highest BCUT2D eigenvalue weighted by molar-refractivity contribution is 5.85. The molecule has 0 aliphatic heterocycles. The van der Waals surface area contributed by atoms with Crippen molar-refractivity contribution in [1.82, 2.24) is 4.90 Å². The third-order valence-corrected chi connectivity index (χ3v) is 3.64. The van der Waals surface area contributed by atoms with Gasteiger partial charge >= 0.3 is 0 Å². The predicted molar refractivity (Wildman–Crippen MR) is 82.6 cm³/mol. The van der Waals surface area contributed by atoms with Crippen LogP contribution in [0.25, 0.3) is 0 Å². The van der Waals surface area contributed by atoms with E-state index in [9.17, 15) is 0 Å². The van der Waals surface area contributed by atoms with Gasteiger partial charge in [0.2, 0.25) is 0 Å². The smallest absolute Gasteiger partial charge is 0.0233 e. The van der Waals surface area contributed by atoms with Crippen LogP contribution in [0, 0.1) is 0 Å². The number of rotatable bonds is 3. The maximum absolute atomic E-state index is 5.93. The Morgan fingerprint density at radius 3 is 2.17 bits per heavy atom. The van der Waals surface area contributed by atoms with Crippen LogP contribution in [0.3, 0.4) is 0 Å². The second-order valence-electron chi connectivity index (χ2n) is 4.97. The van der Waals surface area contributed by atoms with Gasteiger partial charge in [0.25, 0.3) is 0 Å². The number of halogens is 2. The van der Waals surface area contributed by atoms with Gasteiger partial charge in [0.1, 0.15) is 0 Å². The highest BCUT2D eigenvalue weighted by Gasteiger charge is 2.21. The van der Waals surface area contributed by atoms with E-state index in [0.29, 0.717) is 6.04 Å². The van der Waals surface area contributed by atoms with Crippen LogP contribution in [-0.2, 0) is 6.54 Å². The average molecular weight is 291 g/mol. The maximum Gasteiger partial charge on any atom is 0.0233 e. The monoisotopic (exact) mass is 290 g/mol. The summed E-state index contributed by atoms with van der Waals surface area (Å²) in [6.07, 6.45) is 4.88. The Labute approximate surface area is 123 Å². The summed E-state index contributed by atoms with van der Waals surface area (Å²) in [6.45, 7) is 1.06. The van der Waals surface area contributed by atoms with Crippen molar-refractivity contribution >= 4 is 24.8 Å². The highest BCUT2D eigenvalue weighted by Crippen LogP contribution is 2.22. The van der Waals surface area contributed by atoms with Crippen LogP contribution in [0.1, 0.15) is 31.2 Å².